The fourth-order valence-corrected chi connectivity index (χ4v) is 8.10. The normalized spacial score (nSPS) is 19.0. The quantitative estimate of drug-likeness (QED) is 0.145. The number of thioether (sulfide) groups is 2. The van der Waals surface area contributed by atoms with Crippen LogP contribution in [0.5, 0.6) is 5.75 Å². The fourth-order valence-electron chi connectivity index (χ4n) is 5.16. The number of carbonyl (C=O) groups is 2. The number of ether oxygens (including phenoxy) is 1. The van der Waals surface area contributed by atoms with Crippen LogP contribution in [0.25, 0.3) is 16.8 Å². The third-order valence-electron chi connectivity index (χ3n) is 7.26. The first-order valence-electron chi connectivity index (χ1n) is 13.7. The summed E-state index contributed by atoms with van der Waals surface area (Å²) in [4.78, 5) is 30.6. The molecule has 1 spiro atoms. The first kappa shape index (κ1) is 27.1. The number of rotatable bonds is 6. The Balaban J connectivity index is 1.35. The van der Waals surface area contributed by atoms with E-state index in [1.807, 2.05) is 133 Å². The number of anilines is 2. The van der Waals surface area contributed by atoms with Crippen LogP contribution in [0.1, 0.15) is 15.9 Å². The number of benzene rings is 5. The summed E-state index contributed by atoms with van der Waals surface area (Å²) in [5, 5.41) is 9.08. The third-order valence-corrected chi connectivity index (χ3v) is 9.98. The van der Waals surface area contributed by atoms with E-state index in [9.17, 15) is 9.59 Å². The standard InChI is InChI=1S/C35H25N3O3S2/c1-41-30-20-16-24(17-21-30)22-31-34(40)37(28-12-4-2-5-13-28)35(42-31)38(29-14-6-3-7-15-29)36-33(43-35)32(39)27-19-18-25-10-8-9-11-26(25)23-27/h2-23H,1H3/b31-22+/t35-/m1/s1. The van der Waals surface area contributed by atoms with Crippen molar-refractivity contribution in [2.24, 2.45) is 5.10 Å². The molecule has 0 aliphatic carbocycles. The van der Waals surface area contributed by atoms with Gasteiger partial charge in [-0.15, -0.1) is 0 Å². The van der Waals surface area contributed by atoms with E-state index in [0.717, 1.165) is 27.8 Å². The van der Waals surface area contributed by atoms with Gasteiger partial charge in [0, 0.05) is 11.3 Å². The molecule has 5 aromatic carbocycles. The molecule has 0 bridgehead atoms. The van der Waals surface area contributed by atoms with E-state index < -0.39 is 4.33 Å². The Labute approximate surface area is 257 Å². The zero-order valence-corrected chi connectivity index (χ0v) is 24.7. The van der Waals surface area contributed by atoms with Gasteiger partial charge in [0.05, 0.1) is 17.7 Å². The van der Waals surface area contributed by atoms with E-state index in [4.69, 9.17) is 9.84 Å². The van der Waals surface area contributed by atoms with Crippen LogP contribution >= 0.6 is 23.5 Å². The second-order valence-corrected chi connectivity index (χ2v) is 12.6. The number of nitrogens with zero attached hydrogens (tertiary/aromatic N) is 3. The predicted octanol–water partition coefficient (Wildman–Crippen LogP) is 8.03. The minimum absolute atomic E-state index is 0.171. The Bertz CT molecular complexity index is 1910. The monoisotopic (exact) mass is 599 g/mol. The molecule has 2 aliphatic heterocycles. The van der Waals surface area contributed by atoms with Gasteiger partial charge in [-0.2, -0.15) is 5.10 Å². The molecule has 1 saturated heterocycles. The number of hydrogen-bond acceptors (Lipinski definition) is 7. The number of para-hydroxylation sites is 2. The molecule has 2 heterocycles. The summed E-state index contributed by atoms with van der Waals surface area (Å²) in [5.74, 6) is 0.374. The van der Waals surface area contributed by atoms with Crippen molar-refractivity contribution in [2.45, 2.75) is 4.33 Å². The van der Waals surface area contributed by atoms with Crippen LogP contribution in [0.2, 0.25) is 0 Å². The number of carbonyl (C=O) groups excluding carboxylic acids is 2. The Morgan fingerprint density at radius 3 is 2.12 bits per heavy atom. The van der Waals surface area contributed by atoms with Crippen molar-refractivity contribution in [3.63, 3.8) is 0 Å². The maximum Gasteiger partial charge on any atom is 0.268 e. The van der Waals surface area contributed by atoms with Crippen LogP contribution < -0.4 is 14.6 Å². The van der Waals surface area contributed by atoms with Crippen LogP contribution in [0.15, 0.2) is 137 Å². The fraction of sp³-hybridized carbons (Fsp3) is 0.0571. The lowest BCUT2D eigenvalue weighted by Crippen LogP contribution is -2.51. The number of hydrazone groups is 1. The van der Waals surface area contributed by atoms with Crippen molar-refractivity contribution in [1.29, 1.82) is 0 Å². The smallest absolute Gasteiger partial charge is 0.268 e. The highest BCUT2D eigenvalue weighted by molar-refractivity contribution is 8.29. The van der Waals surface area contributed by atoms with E-state index in [1.54, 1.807) is 17.0 Å². The zero-order valence-electron chi connectivity index (χ0n) is 23.1. The highest BCUT2D eigenvalue weighted by Crippen LogP contribution is 2.59. The van der Waals surface area contributed by atoms with Crippen molar-refractivity contribution >= 4 is 68.5 Å². The average Bonchev–Trinajstić information content (AvgIpc) is 3.57. The van der Waals surface area contributed by atoms with Gasteiger partial charge in [0.15, 0.2) is 5.04 Å². The maximum atomic E-state index is 14.3. The number of hydrogen-bond donors (Lipinski definition) is 0. The highest BCUT2D eigenvalue weighted by Gasteiger charge is 2.60. The molecule has 210 valence electrons. The van der Waals surface area contributed by atoms with Gasteiger partial charge in [0.1, 0.15) is 5.75 Å². The Morgan fingerprint density at radius 1 is 0.767 bits per heavy atom. The van der Waals surface area contributed by atoms with Gasteiger partial charge in [0.25, 0.3) is 5.91 Å². The summed E-state index contributed by atoms with van der Waals surface area (Å²) in [6, 6.07) is 40.4. The van der Waals surface area contributed by atoms with Gasteiger partial charge in [-0.05, 0) is 76.6 Å². The Hall–Kier alpha value is -4.79. The number of methoxy groups -OCH3 is 1. The van der Waals surface area contributed by atoms with Crippen molar-refractivity contribution in [3.8, 4) is 5.75 Å². The summed E-state index contributed by atoms with van der Waals surface area (Å²) in [6.07, 6.45) is 1.88. The minimum Gasteiger partial charge on any atom is -0.497 e. The van der Waals surface area contributed by atoms with Crippen LogP contribution in [-0.4, -0.2) is 28.2 Å². The lowest BCUT2D eigenvalue weighted by Gasteiger charge is -2.38. The van der Waals surface area contributed by atoms with Gasteiger partial charge < -0.3 is 4.74 Å². The second kappa shape index (κ2) is 11.1. The molecule has 1 amide bonds. The molecule has 5 aromatic rings. The van der Waals surface area contributed by atoms with Gasteiger partial charge in [0.2, 0.25) is 10.1 Å². The van der Waals surface area contributed by atoms with E-state index in [1.165, 1.54) is 23.5 Å². The van der Waals surface area contributed by atoms with E-state index in [2.05, 4.69) is 0 Å². The summed E-state index contributed by atoms with van der Waals surface area (Å²) >= 11 is 2.68. The molecule has 1 fully saturated rings. The Kier molecular flexibility index (Phi) is 7.01. The zero-order chi connectivity index (χ0) is 29.4. The third kappa shape index (κ3) is 4.88. The number of Topliss-reactive ketones (excluding diaryl/α,β-unsaturated/α-hetero) is 1. The largest absolute Gasteiger partial charge is 0.497 e. The summed E-state index contributed by atoms with van der Waals surface area (Å²) in [6.45, 7) is 0. The van der Waals surface area contributed by atoms with Crippen molar-refractivity contribution in [2.75, 3.05) is 17.0 Å². The average molecular weight is 600 g/mol. The first-order chi connectivity index (χ1) is 21.1. The van der Waals surface area contributed by atoms with E-state index >= 15 is 0 Å². The minimum atomic E-state index is -1.11. The lowest BCUT2D eigenvalue weighted by molar-refractivity contribution is -0.114. The van der Waals surface area contributed by atoms with Gasteiger partial charge in [-0.3, -0.25) is 14.5 Å². The van der Waals surface area contributed by atoms with E-state index in [-0.39, 0.29) is 11.7 Å². The van der Waals surface area contributed by atoms with Gasteiger partial charge in [-0.25, -0.2) is 5.01 Å². The van der Waals surface area contributed by atoms with Gasteiger partial charge >= 0.3 is 0 Å². The number of amides is 1. The van der Waals surface area contributed by atoms with Crippen molar-refractivity contribution < 1.29 is 14.3 Å². The molecular weight excluding hydrogens is 575 g/mol. The van der Waals surface area contributed by atoms with Crippen molar-refractivity contribution in [3.05, 3.63) is 143 Å². The van der Waals surface area contributed by atoms with Crippen molar-refractivity contribution in [1.82, 2.24) is 0 Å². The molecule has 1 atom stereocenters. The molecule has 2 aliphatic rings. The molecule has 0 saturated carbocycles. The second-order valence-electron chi connectivity index (χ2n) is 9.95. The van der Waals surface area contributed by atoms with Crippen LogP contribution in [0, 0.1) is 0 Å². The molecule has 0 N–H and O–H groups in total. The molecule has 0 unspecified atom stereocenters. The number of ketones is 1. The molecule has 43 heavy (non-hydrogen) atoms. The SMILES string of the molecule is COc1ccc(/C=C2/S[C@@]3(SC(C(=O)c4ccc5ccccc5c4)=NN3c3ccccc3)N(c3ccccc3)C2=O)cc1. The molecule has 7 rings (SSSR count). The molecule has 0 aromatic heterocycles. The topological polar surface area (TPSA) is 62.2 Å². The lowest BCUT2D eigenvalue weighted by atomic mass is 10.0. The molecular formula is C35H25N3O3S2. The van der Waals surface area contributed by atoms with E-state index in [0.29, 0.717) is 21.2 Å². The summed E-state index contributed by atoms with van der Waals surface area (Å²) in [7, 11) is 1.62. The first-order valence-corrected chi connectivity index (χ1v) is 15.3. The summed E-state index contributed by atoms with van der Waals surface area (Å²) in [5.41, 5.74) is 2.89. The molecule has 8 heteroatoms. The predicted molar refractivity (Wildman–Crippen MR) is 177 cm³/mol. The van der Waals surface area contributed by atoms with Gasteiger partial charge in [-0.1, -0.05) is 96.7 Å². The molecule has 0 radical (unpaired) electrons. The highest BCUT2D eigenvalue weighted by atomic mass is 32.2. The maximum absolute atomic E-state index is 14.3. The van der Waals surface area contributed by atoms with Crippen LogP contribution in [0.3, 0.4) is 0 Å². The molecule has 6 nitrogen and oxygen atoms in total. The summed E-state index contributed by atoms with van der Waals surface area (Å²) < 4.78 is 4.20. The van der Waals surface area contributed by atoms with Crippen LogP contribution in [-0.2, 0) is 4.79 Å². The van der Waals surface area contributed by atoms with Crippen LogP contribution in [0.4, 0.5) is 11.4 Å². The number of fused-ring (bicyclic) bond motifs is 1. The Morgan fingerprint density at radius 2 is 1.42 bits per heavy atom.